The highest BCUT2D eigenvalue weighted by atomic mass is 16.6. The maximum atomic E-state index is 12.3. The van der Waals surface area contributed by atoms with Crippen LogP contribution in [0.15, 0.2) is 53.1 Å². The Bertz CT molecular complexity index is 965. The van der Waals surface area contributed by atoms with Crippen LogP contribution in [-0.4, -0.2) is 30.9 Å². The Kier molecular flexibility index (Phi) is 5.14. The zero-order valence-corrected chi connectivity index (χ0v) is 15.4. The van der Waals surface area contributed by atoms with Crippen LogP contribution in [0.2, 0.25) is 0 Å². The molecule has 1 N–H and O–H groups in total. The van der Waals surface area contributed by atoms with Gasteiger partial charge in [-0.25, -0.2) is 0 Å². The van der Waals surface area contributed by atoms with Crippen LogP contribution < -0.4 is 19.5 Å². The van der Waals surface area contributed by atoms with E-state index in [1.165, 1.54) is 0 Å². The molecule has 1 aliphatic heterocycles. The standard InChI is InChI=1S/C21H20N2O5/c1-2-25-17-6-4-15(5-7-17)22-21(24)13-16-12-19(28-23-16)14-3-8-18-20(11-14)27-10-9-26-18/h3-8,11-12H,2,9-10,13H2,1H3,(H,22,24). The van der Waals surface area contributed by atoms with Crippen LogP contribution in [0.4, 0.5) is 5.69 Å². The van der Waals surface area contributed by atoms with Gasteiger partial charge in [-0.3, -0.25) is 4.79 Å². The number of rotatable bonds is 6. The minimum absolute atomic E-state index is 0.112. The summed E-state index contributed by atoms with van der Waals surface area (Å²) in [5.74, 6) is 2.55. The van der Waals surface area contributed by atoms with Gasteiger partial charge in [0.05, 0.1) is 18.7 Å². The van der Waals surface area contributed by atoms with E-state index in [9.17, 15) is 4.79 Å². The first-order valence-corrected chi connectivity index (χ1v) is 9.09. The minimum Gasteiger partial charge on any atom is -0.494 e. The van der Waals surface area contributed by atoms with Gasteiger partial charge in [-0.1, -0.05) is 5.16 Å². The number of carbonyl (C=O) groups excluding carboxylic acids is 1. The smallest absolute Gasteiger partial charge is 0.230 e. The lowest BCUT2D eigenvalue weighted by Gasteiger charge is -2.18. The highest BCUT2D eigenvalue weighted by Crippen LogP contribution is 2.34. The third-order valence-electron chi connectivity index (χ3n) is 4.18. The van der Waals surface area contributed by atoms with Crippen molar-refractivity contribution in [1.82, 2.24) is 5.16 Å². The van der Waals surface area contributed by atoms with E-state index in [0.717, 1.165) is 11.3 Å². The second kappa shape index (κ2) is 8.04. The Hall–Kier alpha value is -3.48. The summed E-state index contributed by atoms with van der Waals surface area (Å²) in [4.78, 5) is 12.3. The monoisotopic (exact) mass is 380 g/mol. The molecule has 0 unspecified atom stereocenters. The predicted octanol–water partition coefficient (Wildman–Crippen LogP) is 3.69. The van der Waals surface area contributed by atoms with Crippen molar-refractivity contribution in [2.45, 2.75) is 13.3 Å². The molecule has 4 rings (SSSR count). The fraction of sp³-hybridized carbons (Fsp3) is 0.238. The van der Waals surface area contributed by atoms with Crippen molar-refractivity contribution in [2.24, 2.45) is 0 Å². The normalized spacial score (nSPS) is 12.5. The average Bonchev–Trinajstić information content (AvgIpc) is 3.17. The lowest BCUT2D eigenvalue weighted by molar-refractivity contribution is -0.115. The van der Waals surface area contributed by atoms with Gasteiger partial charge in [0.15, 0.2) is 17.3 Å². The number of amides is 1. The van der Waals surface area contributed by atoms with E-state index in [1.54, 1.807) is 18.2 Å². The number of benzene rings is 2. The maximum Gasteiger partial charge on any atom is 0.230 e. The van der Waals surface area contributed by atoms with Gasteiger partial charge in [-0.05, 0) is 49.4 Å². The highest BCUT2D eigenvalue weighted by Gasteiger charge is 2.16. The van der Waals surface area contributed by atoms with E-state index in [-0.39, 0.29) is 12.3 Å². The molecule has 0 fully saturated rings. The van der Waals surface area contributed by atoms with Gasteiger partial charge in [0, 0.05) is 17.3 Å². The molecule has 3 aromatic rings. The van der Waals surface area contributed by atoms with Crippen LogP contribution in [-0.2, 0) is 11.2 Å². The molecule has 2 aromatic carbocycles. The molecule has 0 saturated carbocycles. The molecule has 1 amide bonds. The Balaban J connectivity index is 1.39. The predicted molar refractivity (Wildman–Crippen MR) is 103 cm³/mol. The average molecular weight is 380 g/mol. The quantitative estimate of drug-likeness (QED) is 0.702. The molecule has 0 spiro atoms. The summed E-state index contributed by atoms with van der Waals surface area (Å²) in [5, 5.41) is 6.83. The number of ether oxygens (including phenoxy) is 3. The SMILES string of the molecule is CCOc1ccc(NC(=O)Cc2cc(-c3ccc4c(c3)OCCO4)on2)cc1. The number of carbonyl (C=O) groups is 1. The van der Waals surface area contributed by atoms with Gasteiger partial charge in [-0.15, -0.1) is 0 Å². The fourth-order valence-electron chi connectivity index (χ4n) is 2.90. The van der Waals surface area contributed by atoms with Crippen molar-refractivity contribution in [3.8, 4) is 28.6 Å². The molecule has 0 atom stereocenters. The molecule has 2 heterocycles. The minimum atomic E-state index is -0.175. The molecule has 0 bridgehead atoms. The van der Waals surface area contributed by atoms with Crippen LogP contribution >= 0.6 is 0 Å². The number of fused-ring (bicyclic) bond motifs is 1. The maximum absolute atomic E-state index is 12.3. The summed E-state index contributed by atoms with van der Waals surface area (Å²) in [6.45, 7) is 3.59. The molecule has 0 radical (unpaired) electrons. The summed E-state index contributed by atoms with van der Waals surface area (Å²) < 4.78 is 21.9. The number of hydrogen-bond acceptors (Lipinski definition) is 6. The van der Waals surface area contributed by atoms with Crippen LogP contribution in [0.25, 0.3) is 11.3 Å². The van der Waals surface area contributed by atoms with Crippen LogP contribution in [0.3, 0.4) is 0 Å². The third-order valence-corrected chi connectivity index (χ3v) is 4.18. The van der Waals surface area contributed by atoms with Gasteiger partial charge < -0.3 is 24.1 Å². The third kappa shape index (κ3) is 4.09. The van der Waals surface area contributed by atoms with Crippen LogP contribution in [0.5, 0.6) is 17.2 Å². The Morgan fingerprint density at radius 3 is 2.64 bits per heavy atom. The van der Waals surface area contributed by atoms with E-state index >= 15 is 0 Å². The zero-order valence-electron chi connectivity index (χ0n) is 15.4. The summed E-state index contributed by atoms with van der Waals surface area (Å²) in [6, 6.07) is 14.5. The Morgan fingerprint density at radius 2 is 1.86 bits per heavy atom. The van der Waals surface area contributed by atoms with Crippen molar-refractivity contribution < 1.29 is 23.5 Å². The van der Waals surface area contributed by atoms with Gasteiger partial charge >= 0.3 is 0 Å². The summed E-state index contributed by atoms with van der Waals surface area (Å²) >= 11 is 0. The largest absolute Gasteiger partial charge is 0.494 e. The van der Waals surface area contributed by atoms with Crippen molar-refractivity contribution in [3.63, 3.8) is 0 Å². The van der Waals surface area contributed by atoms with Crippen molar-refractivity contribution in [1.29, 1.82) is 0 Å². The molecule has 0 saturated heterocycles. The lowest BCUT2D eigenvalue weighted by atomic mass is 10.1. The topological polar surface area (TPSA) is 82.8 Å². The first-order chi connectivity index (χ1) is 13.7. The number of anilines is 1. The van der Waals surface area contributed by atoms with Crippen LogP contribution in [0, 0.1) is 0 Å². The molecule has 0 aliphatic carbocycles. The number of nitrogens with zero attached hydrogens (tertiary/aromatic N) is 1. The molecule has 1 aromatic heterocycles. The Labute approximate surface area is 162 Å². The Morgan fingerprint density at radius 1 is 1.07 bits per heavy atom. The van der Waals surface area contributed by atoms with Gasteiger partial charge in [0.2, 0.25) is 5.91 Å². The van der Waals surface area contributed by atoms with E-state index < -0.39 is 0 Å². The van der Waals surface area contributed by atoms with E-state index in [0.29, 0.717) is 48.5 Å². The van der Waals surface area contributed by atoms with Crippen LogP contribution in [0.1, 0.15) is 12.6 Å². The van der Waals surface area contributed by atoms with Gasteiger partial charge in [-0.2, -0.15) is 0 Å². The summed E-state index contributed by atoms with van der Waals surface area (Å²) in [5.41, 5.74) is 2.06. The molecule has 1 aliphatic rings. The van der Waals surface area contributed by atoms with Gasteiger partial charge in [0.25, 0.3) is 0 Å². The summed E-state index contributed by atoms with van der Waals surface area (Å²) in [6.07, 6.45) is 0.112. The molecular weight excluding hydrogens is 360 g/mol. The first kappa shape index (κ1) is 17.9. The second-order valence-electron chi connectivity index (χ2n) is 6.22. The van der Waals surface area contributed by atoms with Crippen molar-refractivity contribution in [2.75, 3.05) is 25.1 Å². The molecule has 144 valence electrons. The van der Waals surface area contributed by atoms with Crippen molar-refractivity contribution >= 4 is 11.6 Å². The molecular formula is C21H20N2O5. The van der Waals surface area contributed by atoms with E-state index in [4.69, 9.17) is 18.7 Å². The van der Waals surface area contributed by atoms with E-state index in [2.05, 4.69) is 10.5 Å². The number of hydrogen-bond donors (Lipinski definition) is 1. The van der Waals surface area contributed by atoms with Gasteiger partial charge in [0.1, 0.15) is 19.0 Å². The lowest BCUT2D eigenvalue weighted by Crippen LogP contribution is -2.15. The zero-order chi connectivity index (χ0) is 19.3. The highest BCUT2D eigenvalue weighted by molar-refractivity contribution is 5.92. The summed E-state index contributed by atoms with van der Waals surface area (Å²) in [7, 11) is 0. The molecule has 7 heteroatoms. The van der Waals surface area contributed by atoms with E-state index in [1.807, 2.05) is 37.3 Å². The number of aromatic nitrogens is 1. The second-order valence-corrected chi connectivity index (χ2v) is 6.22. The fourth-order valence-corrected chi connectivity index (χ4v) is 2.90. The molecule has 7 nitrogen and oxygen atoms in total. The number of nitrogens with one attached hydrogen (secondary N) is 1. The molecule has 28 heavy (non-hydrogen) atoms. The van der Waals surface area contributed by atoms with Crippen molar-refractivity contribution in [3.05, 3.63) is 54.2 Å². The first-order valence-electron chi connectivity index (χ1n) is 9.09.